The number of hydrogen-bond acceptors (Lipinski definition) is 3. The van der Waals surface area contributed by atoms with Crippen LogP contribution in [0.15, 0.2) is 24.3 Å². The third-order valence-corrected chi connectivity index (χ3v) is 3.17. The minimum atomic E-state index is 0.451. The van der Waals surface area contributed by atoms with E-state index in [-0.39, 0.29) is 0 Å². The molecule has 1 N–H and O–H groups in total. The molecule has 0 aromatic heterocycles. The highest BCUT2D eigenvalue weighted by molar-refractivity contribution is 5.49. The van der Waals surface area contributed by atoms with Gasteiger partial charge < -0.3 is 14.8 Å². The summed E-state index contributed by atoms with van der Waals surface area (Å²) in [6.45, 7) is 5.76. The van der Waals surface area contributed by atoms with Crippen molar-refractivity contribution in [2.24, 2.45) is 0 Å². The van der Waals surface area contributed by atoms with Crippen molar-refractivity contribution in [2.45, 2.75) is 45.3 Å². The first-order valence-electron chi connectivity index (χ1n) is 6.92. The Morgan fingerprint density at radius 3 is 2.83 bits per heavy atom. The number of hydrogen-bond donors (Lipinski definition) is 1. The molecule has 0 amide bonds. The van der Waals surface area contributed by atoms with E-state index >= 15 is 0 Å². The second kappa shape index (κ2) is 6.64. The van der Waals surface area contributed by atoms with E-state index < -0.39 is 0 Å². The average molecular weight is 249 g/mol. The summed E-state index contributed by atoms with van der Waals surface area (Å²) in [6.07, 6.45) is 3.70. The third kappa shape index (κ3) is 3.64. The second-order valence-corrected chi connectivity index (χ2v) is 4.77. The van der Waals surface area contributed by atoms with Gasteiger partial charge in [-0.15, -0.1) is 0 Å². The summed E-state index contributed by atoms with van der Waals surface area (Å²) in [5.41, 5.74) is 1.14. The highest BCUT2D eigenvalue weighted by Gasteiger charge is 2.29. The van der Waals surface area contributed by atoms with Gasteiger partial charge in [0.15, 0.2) is 0 Å². The second-order valence-electron chi connectivity index (χ2n) is 4.77. The zero-order chi connectivity index (χ0) is 12.8. The SMILES string of the molecule is CCCOc1cccc(NC2CC(OCC)C2)c1. The molecule has 0 atom stereocenters. The first-order chi connectivity index (χ1) is 8.81. The predicted octanol–water partition coefficient (Wildman–Crippen LogP) is 3.45. The Morgan fingerprint density at radius 2 is 2.11 bits per heavy atom. The van der Waals surface area contributed by atoms with Crippen LogP contribution < -0.4 is 10.1 Å². The maximum atomic E-state index is 5.62. The molecule has 0 radical (unpaired) electrons. The van der Waals surface area contributed by atoms with Gasteiger partial charge in [-0.05, 0) is 38.3 Å². The van der Waals surface area contributed by atoms with E-state index in [4.69, 9.17) is 9.47 Å². The molecule has 0 heterocycles. The van der Waals surface area contributed by atoms with Crippen molar-refractivity contribution in [1.29, 1.82) is 0 Å². The van der Waals surface area contributed by atoms with Crippen LogP contribution in [-0.4, -0.2) is 25.4 Å². The van der Waals surface area contributed by atoms with Gasteiger partial charge in [0.05, 0.1) is 12.7 Å². The molecule has 1 aromatic carbocycles. The fourth-order valence-electron chi connectivity index (χ4n) is 2.19. The maximum Gasteiger partial charge on any atom is 0.121 e. The van der Waals surface area contributed by atoms with Gasteiger partial charge in [-0.1, -0.05) is 13.0 Å². The van der Waals surface area contributed by atoms with Crippen LogP contribution in [0.4, 0.5) is 5.69 Å². The molecule has 2 rings (SSSR count). The van der Waals surface area contributed by atoms with Crippen molar-refractivity contribution < 1.29 is 9.47 Å². The minimum absolute atomic E-state index is 0.451. The van der Waals surface area contributed by atoms with Gasteiger partial charge in [-0.2, -0.15) is 0 Å². The molecule has 3 heteroatoms. The summed E-state index contributed by atoms with van der Waals surface area (Å²) in [5.74, 6) is 0.947. The smallest absolute Gasteiger partial charge is 0.121 e. The van der Waals surface area contributed by atoms with Crippen LogP contribution in [-0.2, 0) is 4.74 Å². The number of anilines is 1. The minimum Gasteiger partial charge on any atom is -0.494 e. The van der Waals surface area contributed by atoms with E-state index in [9.17, 15) is 0 Å². The zero-order valence-electron chi connectivity index (χ0n) is 11.3. The molecule has 100 valence electrons. The van der Waals surface area contributed by atoms with Gasteiger partial charge in [0.2, 0.25) is 0 Å². The van der Waals surface area contributed by atoms with E-state index in [2.05, 4.69) is 31.3 Å². The number of ether oxygens (including phenoxy) is 2. The summed E-state index contributed by atoms with van der Waals surface area (Å²) in [6, 6.07) is 8.75. The lowest BCUT2D eigenvalue weighted by Crippen LogP contribution is -2.40. The standard InChI is InChI=1S/C15H23NO2/c1-3-8-18-14-7-5-6-12(9-14)16-13-10-15(11-13)17-4-2/h5-7,9,13,15-16H,3-4,8,10-11H2,1-2H3. The molecule has 1 aliphatic rings. The van der Waals surface area contributed by atoms with E-state index in [1.54, 1.807) is 0 Å². The van der Waals surface area contributed by atoms with Crippen molar-refractivity contribution in [2.75, 3.05) is 18.5 Å². The lowest BCUT2D eigenvalue weighted by Gasteiger charge is -2.36. The molecule has 1 aromatic rings. The molecule has 0 saturated heterocycles. The first kappa shape index (κ1) is 13.2. The van der Waals surface area contributed by atoms with Crippen molar-refractivity contribution in [1.82, 2.24) is 0 Å². The highest BCUT2D eigenvalue weighted by atomic mass is 16.5. The monoisotopic (exact) mass is 249 g/mol. The largest absolute Gasteiger partial charge is 0.494 e. The molecule has 0 spiro atoms. The van der Waals surface area contributed by atoms with Crippen LogP contribution in [0.25, 0.3) is 0 Å². The van der Waals surface area contributed by atoms with Gasteiger partial charge in [0, 0.05) is 24.4 Å². The Kier molecular flexibility index (Phi) is 4.88. The number of nitrogens with one attached hydrogen (secondary N) is 1. The van der Waals surface area contributed by atoms with Gasteiger partial charge in [-0.25, -0.2) is 0 Å². The fourth-order valence-corrected chi connectivity index (χ4v) is 2.19. The van der Waals surface area contributed by atoms with E-state index in [1.165, 1.54) is 0 Å². The molecular weight excluding hydrogens is 226 g/mol. The van der Waals surface area contributed by atoms with Crippen LogP contribution >= 0.6 is 0 Å². The summed E-state index contributed by atoms with van der Waals surface area (Å²) in [4.78, 5) is 0. The molecule has 1 saturated carbocycles. The van der Waals surface area contributed by atoms with Crippen molar-refractivity contribution in [3.63, 3.8) is 0 Å². The Labute approximate surface area is 109 Å². The Hall–Kier alpha value is -1.22. The Morgan fingerprint density at radius 1 is 1.28 bits per heavy atom. The van der Waals surface area contributed by atoms with E-state index in [0.717, 1.165) is 43.9 Å². The summed E-state index contributed by atoms with van der Waals surface area (Å²) >= 11 is 0. The van der Waals surface area contributed by atoms with Gasteiger partial charge in [0.25, 0.3) is 0 Å². The predicted molar refractivity (Wildman–Crippen MR) is 74.3 cm³/mol. The van der Waals surface area contributed by atoms with Gasteiger partial charge in [0.1, 0.15) is 5.75 Å². The number of rotatable bonds is 7. The van der Waals surface area contributed by atoms with E-state index in [0.29, 0.717) is 12.1 Å². The molecule has 1 fully saturated rings. The zero-order valence-corrected chi connectivity index (χ0v) is 11.3. The fraction of sp³-hybridized carbons (Fsp3) is 0.600. The Bertz CT molecular complexity index is 361. The van der Waals surface area contributed by atoms with Crippen LogP contribution in [0.5, 0.6) is 5.75 Å². The third-order valence-electron chi connectivity index (χ3n) is 3.17. The molecule has 18 heavy (non-hydrogen) atoms. The molecule has 1 aliphatic carbocycles. The van der Waals surface area contributed by atoms with Gasteiger partial charge >= 0.3 is 0 Å². The van der Waals surface area contributed by atoms with E-state index in [1.807, 2.05) is 12.1 Å². The van der Waals surface area contributed by atoms with Crippen LogP contribution in [0.2, 0.25) is 0 Å². The normalized spacial score (nSPS) is 22.3. The van der Waals surface area contributed by atoms with Gasteiger partial charge in [-0.3, -0.25) is 0 Å². The highest BCUT2D eigenvalue weighted by Crippen LogP contribution is 2.28. The first-order valence-corrected chi connectivity index (χ1v) is 6.92. The average Bonchev–Trinajstić information content (AvgIpc) is 2.34. The number of benzene rings is 1. The summed E-state index contributed by atoms with van der Waals surface area (Å²) in [7, 11) is 0. The molecule has 3 nitrogen and oxygen atoms in total. The summed E-state index contributed by atoms with van der Waals surface area (Å²) in [5, 5.41) is 3.52. The maximum absolute atomic E-state index is 5.62. The van der Waals surface area contributed by atoms with Crippen molar-refractivity contribution in [3.05, 3.63) is 24.3 Å². The van der Waals surface area contributed by atoms with Crippen LogP contribution in [0.3, 0.4) is 0 Å². The van der Waals surface area contributed by atoms with Crippen LogP contribution in [0.1, 0.15) is 33.1 Å². The molecule has 0 bridgehead atoms. The van der Waals surface area contributed by atoms with Crippen LogP contribution in [0, 0.1) is 0 Å². The Balaban J connectivity index is 1.79. The molecule has 0 unspecified atom stereocenters. The topological polar surface area (TPSA) is 30.5 Å². The quantitative estimate of drug-likeness (QED) is 0.802. The summed E-state index contributed by atoms with van der Waals surface area (Å²) < 4.78 is 11.2. The molecular formula is C15H23NO2. The van der Waals surface area contributed by atoms with Crippen molar-refractivity contribution in [3.8, 4) is 5.75 Å². The lowest BCUT2D eigenvalue weighted by atomic mass is 9.89. The lowest BCUT2D eigenvalue weighted by molar-refractivity contribution is 0.00299. The molecule has 0 aliphatic heterocycles. The van der Waals surface area contributed by atoms with Crippen molar-refractivity contribution >= 4 is 5.69 Å².